The fourth-order valence-electron chi connectivity index (χ4n) is 2.68. The fraction of sp³-hybridized carbons (Fsp3) is 0.625. The lowest BCUT2D eigenvalue weighted by Crippen LogP contribution is -2.39. The van der Waals surface area contributed by atoms with Crippen LogP contribution in [-0.2, 0) is 14.4 Å². The fourth-order valence-corrected chi connectivity index (χ4v) is 2.68. The van der Waals surface area contributed by atoms with E-state index >= 15 is 0 Å². The molecular formula is C24H40N4O3. The molecule has 174 valence electrons. The summed E-state index contributed by atoms with van der Waals surface area (Å²) in [6, 6.07) is 5.16. The van der Waals surface area contributed by atoms with Crippen LogP contribution in [0, 0.1) is 16.2 Å². The molecular weight excluding hydrogens is 392 g/mol. The molecule has 1 aromatic carbocycles. The van der Waals surface area contributed by atoms with Crippen LogP contribution in [0.3, 0.4) is 0 Å². The molecule has 7 nitrogen and oxygen atoms in total. The van der Waals surface area contributed by atoms with Crippen molar-refractivity contribution in [3.63, 3.8) is 0 Å². The van der Waals surface area contributed by atoms with Gasteiger partial charge in [0.1, 0.15) is 0 Å². The van der Waals surface area contributed by atoms with E-state index in [9.17, 15) is 14.4 Å². The average Bonchev–Trinajstić information content (AvgIpc) is 2.55. The Bertz CT molecular complexity index is 754. The Labute approximate surface area is 187 Å². The smallest absolute Gasteiger partial charge is 0.243 e. The molecule has 0 aliphatic rings. The van der Waals surface area contributed by atoms with Gasteiger partial charge in [0.25, 0.3) is 0 Å². The molecule has 0 aromatic heterocycles. The third kappa shape index (κ3) is 10.3. The summed E-state index contributed by atoms with van der Waals surface area (Å²) in [6.07, 6.45) is 1.41. The lowest BCUT2D eigenvalue weighted by Gasteiger charge is -2.23. The number of hydrogen-bond donors (Lipinski definition) is 4. The average molecular weight is 433 g/mol. The molecule has 0 unspecified atom stereocenters. The molecule has 1 aromatic rings. The second-order valence-electron chi connectivity index (χ2n) is 11.2. The van der Waals surface area contributed by atoms with Crippen LogP contribution >= 0.6 is 0 Å². The Kier molecular flexibility index (Phi) is 8.67. The Morgan fingerprint density at radius 3 is 1.45 bits per heavy atom. The van der Waals surface area contributed by atoms with Gasteiger partial charge in [-0.05, 0) is 35.4 Å². The minimum absolute atomic E-state index is 0.118. The molecule has 0 aliphatic heterocycles. The van der Waals surface area contributed by atoms with Crippen LogP contribution in [0.1, 0.15) is 81.6 Å². The molecule has 0 radical (unpaired) electrons. The predicted octanol–water partition coefficient (Wildman–Crippen LogP) is 5.32. The largest absolute Gasteiger partial charge is 0.326 e. The molecule has 31 heavy (non-hydrogen) atoms. The second kappa shape index (κ2) is 10.2. The van der Waals surface area contributed by atoms with Crippen molar-refractivity contribution in [2.75, 3.05) is 16.1 Å². The van der Waals surface area contributed by atoms with Gasteiger partial charge in [0.15, 0.2) is 0 Å². The molecule has 0 atom stereocenters. The van der Waals surface area contributed by atoms with Gasteiger partial charge in [-0.1, -0.05) is 62.3 Å². The van der Waals surface area contributed by atoms with Gasteiger partial charge < -0.3 is 10.6 Å². The van der Waals surface area contributed by atoms with Crippen LogP contribution in [0.15, 0.2) is 18.2 Å². The summed E-state index contributed by atoms with van der Waals surface area (Å²) in [7, 11) is 0. The third-order valence-electron chi connectivity index (χ3n) is 4.70. The Morgan fingerprint density at radius 1 is 0.710 bits per heavy atom. The zero-order chi connectivity index (χ0) is 24.0. The van der Waals surface area contributed by atoms with Crippen LogP contribution in [0.4, 0.5) is 17.1 Å². The number of nitrogens with one attached hydrogen (secondary N) is 4. The highest BCUT2D eigenvalue weighted by molar-refractivity contribution is 5.95. The summed E-state index contributed by atoms with van der Waals surface area (Å²) in [5.41, 5.74) is 6.43. The highest BCUT2D eigenvalue weighted by Gasteiger charge is 2.25. The van der Waals surface area contributed by atoms with Gasteiger partial charge in [-0.15, -0.1) is 0 Å². The molecule has 4 N–H and O–H groups in total. The van der Waals surface area contributed by atoms with Crippen molar-refractivity contribution in [2.24, 2.45) is 16.2 Å². The predicted molar refractivity (Wildman–Crippen MR) is 128 cm³/mol. The maximum absolute atomic E-state index is 12.4. The molecule has 0 fully saturated rings. The molecule has 3 amide bonds. The van der Waals surface area contributed by atoms with Crippen molar-refractivity contribution in [2.45, 2.75) is 81.6 Å². The van der Waals surface area contributed by atoms with Gasteiger partial charge in [-0.25, -0.2) is 0 Å². The van der Waals surface area contributed by atoms with Crippen molar-refractivity contribution in [3.8, 4) is 0 Å². The molecule has 0 bridgehead atoms. The summed E-state index contributed by atoms with van der Waals surface area (Å²) in [5, 5.41) is 5.77. The van der Waals surface area contributed by atoms with E-state index in [0.29, 0.717) is 36.3 Å². The minimum atomic E-state index is -0.519. The Balaban J connectivity index is 3.07. The first-order valence-electron chi connectivity index (χ1n) is 10.8. The van der Waals surface area contributed by atoms with Gasteiger partial charge in [-0.2, -0.15) is 0 Å². The second-order valence-corrected chi connectivity index (χ2v) is 11.2. The van der Waals surface area contributed by atoms with Crippen LogP contribution < -0.4 is 21.5 Å². The minimum Gasteiger partial charge on any atom is -0.326 e. The van der Waals surface area contributed by atoms with E-state index in [0.717, 1.165) is 0 Å². The van der Waals surface area contributed by atoms with Crippen LogP contribution in [0.5, 0.6) is 0 Å². The van der Waals surface area contributed by atoms with Gasteiger partial charge in [0, 0.05) is 29.6 Å². The Hall–Kier alpha value is -2.57. The number of amides is 3. The summed E-state index contributed by atoms with van der Waals surface area (Å²) in [6.45, 7) is 17.6. The lowest BCUT2D eigenvalue weighted by molar-refractivity contribution is -0.129. The lowest BCUT2D eigenvalue weighted by atomic mass is 9.90. The quantitative estimate of drug-likeness (QED) is 0.418. The maximum atomic E-state index is 12.4. The highest BCUT2D eigenvalue weighted by atomic mass is 16.2. The van der Waals surface area contributed by atoms with Crippen molar-refractivity contribution >= 4 is 34.8 Å². The van der Waals surface area contributed by atoms with E-state index in [4.69, 9.17) is 0 Å². The standard InChI is InChI=1S/C24H40N4O3/c1-10-24(8,9)21(31)28-27-18-12-16(25-19(29)14-22(2,3)4)11-17(13-18)26-20(30)15-23(5,6)7/h11-13,27H,10,14-15H2,1-9H3,(H,25,29)(H,26,30)(H,28,31). The SMILES string of the molecule is CCC(C)(C)C(=O)NNc1cc(NC(=O)CC(C)(C)C)cc(NC(=O)CC(C)(C)C)c1. The van der Waals surface area contributed by atoms with E-state index in [1.54, 1.807) is 18.2 Å². The molecule has 0 spiro atoms. The molecule has 1 rings (SSSR count). The summed E-state index contributed by atoms with van der Waals surface area (Å²) < 4.78 is 0. The number of carbonyl (C=O) groups is 3. The number of benzene rings is 1. The summed E-state index contributed by atoms with van der Waals surface area (Å²) in [4.78, 5) is 37.2. The van der Waals surface area contributed by atoms with E-state index in [2.05, 4.69) is 21.5 Å². The van der Waals surface area contributed by atoms with E-state index in [1.165, 1.54) is 0 Å². The number of rotatable bonds is 8. The number of carbonyl (C=O) groups excluding carboxylic acids is 3. The molecule has 0 saturated heterocycles. The van der Waals surface area contributed by atoms with Gasteiger partial charge in [0.05, 0.1) is 5.69 Å². The monoisotopic (exact) mass is 432 g/mol. The van der Waals surface area contributed by atoms with Crippen molar-refractivity contribution < 1.29 is 14.4 Å². The summed E-state index contributed by atoms with van der Waals surface area (Å²) in [5.74, 6) is -0.379. The molecule has 7 heteroatoms. The van der Waals surface area contributed by atoms with E-state index in [-0.39, 0.29) is 28.6 Å². The van der Waals surface area contributed by atoms with E-state index < -0.39 is 5.41 Å². The molecule has 0 aliphatic carbocycles. The van der Waals surface area contributed by atoms with E-state index in [1.807, 2.05) is 62.3 Å². The molecule has 0 heterocycles. The van der Waals surface area contributed by atoms with Gasteiger partial charge in [-0.3, -0.25) is 25.2 Å². The van der Waals surface area contributed by atoms with Crippen LogP contribution in [0.25, 0.3) is 0 Å². The normalized spacial score (nSPS) is 12.2. The van der Waals surface area contributed by atoms with Gasteiger partial charge >= 0.3 is 0 Å². The van der Waals surface area contributed by atoms with Gasteiger partial charge in [0.2, 0.25) is 17.7 Å². The first-order chi connectivity index (χ1) is 14.0. The number of anilines is 3. The number of hydrogen-bond acceptors (Lipinski definition) is 4. The van der Waals surface area contributed by atoms with Crippen molar-refractivity contribution in [1.82, 2.24) is 5.43 Å². The number of hydrazine groups is 1. The third-order valence-corrected chi connectivity index (χ3v) is 4.70. The highest BCUT2D eigenvalue weighted by Crippen LogP contribution is 2.26. The molecule has 0 saturated carbocycles. The van der Waals surface area contributed by atoms with Crippen molar-refractivity contribution in [1.29, 1.82) is 0 Å². The van der Waals surface area contributed by atoms with Crippen molar-refractivity contribution in [3.05, 3.63) is 18.2 Å². The zero-order valence-corrected chi connectivity index (χ0v) is 20.6. The maximum Gasteiger partial charge on any atom is 0.243 e. The Morgan fingerprint density at radius 2 is 1.10 bits per heavy atom. The first kappa shape index (κ1) is 26.5. The zero-order valence-electron chi connectivity index (χ0n) is 20.6. The summed E-state index contributed by atoms with van der Waals surface area (Å²) >= 11 is 0. The first-order valence-corrected chi connectivity index (χ1v) is 10.8. The van der Waals surface area contributed by atoms with Crippen LogP contribution in [-0.4, -0.2) is 17.7 Å². The topological polar surface area (TPSA) is 99.3 Å². The van der Waals surface area contributed by atoms with Crippen LogP contribution in [0.2, 0.25) is 0 Å².